The van der Waals surface area contributed by atoms with Crippen LogP contribution in [0.5, 0.6) is 0 Å². The third-order valence-corrected chi connectivity index (χ3v) is 3.77. The van der Waals surface area contributed by atoms with E-state index in [0.29, 0.717) is 18.6 Å². The number of hydrogen-bond donors (Lipinski definition) is 1. The van der Waals surface area contributed by atoms with Crippen LogP contribution in [0.4, 0.5) is 0 Å². The molecule has 0 bridgehead atoms. The van der Waals surface area contributed by atoms with Crippen molar-refractivity contribution in [2.45, 2.75) is 45.4 Å². The van der Waals surface area contributed by atoms with Gasteiger partial charge in [-0.3, -0.25) is 0 Å². The first-order valence-corrected chi connectivity index (χ1v) is 7.54. The maximum atomic E-state index is 6.04. The molecule has 0 spiro atoms. The lowest BCUT2D eigenvalue weighted by atomic mass is 10.1. The van der Waals surface area contributed by atoms with E-state index >= 15 is 0 Å². The Morgan fingerprint density at radius 3 is 2.78 bits per heavy atom. The second-order valence-electron chi connectivity index (χ2n) is 5.41. The molecule has 100 valence electrons. The van der Waals surface area contributed by atoms with Gasteiger partial charge in [0.1, 0.15) is 0 Å². The van der Waals surface area contributed by atoms with Gasteiger partial charge in [-0.05, 0) is 36.5 Å². The summed E-state index contributed by atoms with van der Waals surface area (Å²) in [5.41, 5.74) is 1.22. The van der Waals surface area contributed by atoms with Crippen molar-refractivity contribution in [2.24, 2.45) is 5.92 Å². The van der Waals surface area contributed by atoms with Gasteiger partial charge in [0.2, 0.25) is 0 Å². The van der Waals surface area contributed by atoms with E-state index in [2.05, 4.69) is 53.3 Å². The van der Waals surface area contributed by atoms with E-state index in [1.165, 1.54) is 18.4 Å². The molecule has 1 atom stereocenters. The number of halogens is 1. The van der Waals surface area contributed by atoms with Crippen molar-refractivity contribution >= 4 is 15.9 Å². The Bertz CT molecular complexity index is 377. The van der Waals surface area contributed by atoms with E-state index in [0.717, 1.165) is 17.1 Å². The van der Waals surface area contributed by atoms with Gasteiger partial charge in [-0.2, -0.15) is 0 Å². The van der Waals surface area contributed by atoms with Gasteiger partial charge in [0.15, 0.2) is 0 Å². The zero-order valence-electron chi connectivity index (χ0n) is 11.2. The summed E-state index contributed by atoms with van der Waals surface area (Å²) in [7, 11) is 0. The Labute approximate surface area is 118 Å². The zero-order valence-corrected chi connectivity index (χ0v) is 12.7. The molecular weight excluding hydrogens is 290 g/mol. The van der Waals surface area contributed by atoms with Gasteiger partial charge in [-0.15, -0.1) is 0 Å². The molecule has 1 aliphatic rings. The highest BCUT2D eigenvalue weighted by molar-refractivity contribution is 9.10. The monoisotopic (exact) mass is 311 g/mol. The number of benzene rings is 1. The summed E-state index contributed by atoms with van der Waals surface area (Å²) in [4.78, 5) is 0. The topological polar surface area (TPSA) is 21.3 Å². The third-order valence-electron chi connectivity index (χ3n) is 3.28. The molecule has 1 N–H and O–H groups in total. The van der Waals surface area contributed by atoms with Crippen LogP contribution in [0.1, 0.15) is 32.3 Å². The molecule has 1 aromatic rings. The molecule has 3 heteroatoms. The van der Waals surface area contributed by atoms with Crippen LogP contribution in [0.15, 0.2) is 28.7 Å². The van der Waals surface area contributed by atoms with Crippen LogP contribution in [-0.2, 0) is 11.3 Å². The fourth-order valence-electron chi connectivity index (χ4n) is 1.89. The van der Waals surface area contributed by atoms with Crippen LogP contribution < -0.4 is 5.32 Å². The molecule has 0 aromatic heterocycles. The summed E-state index contributed by atoms with van der Waals surface area (Å²) >= 11 is 3.49. The van der Waals surface area contributed by atoms with Crippen LogP contribution in [-0.4, -0.2) is 18.7 Å². The molecule has 18 heavy (non-hydrogen) atoms. The molecule has 0 amide bonds. The molecule has 0 aliphatic heterocycles. The van der Waals surface area contributed by atoms with Crippen LogP contribution in [0.2, 0.25) is 0 Å². The van der Waals surface area contributed by atoms with E-state index in [1.807, 2.05) is 6.07 Å². The van der Waals surface area contributed by atoms with Gasteiger partial charge < -0.3 is 10.1 Å². The fourth-order valence-corrected chi connectivity index (χ4v) is 2.33. The van der Waals surface area contributed by atoms with E-state index < -0.39 is 0 Å². The first kappa shape index (κ1) is 14.0. The molecular formula is C15H22BrNO. The van der Waals surface area contributed by atoms with Crippen molar-refractivity contribution in [2.75, 3.05) is 6.54 Å². The highest BCUT2D eigenvalue weighted by Gasteiger charge is 2.23. The van der Waals surface area contributed by atoms with Crippen molar-refractivity contribution in [3.63, 3.8) is 0 Å². The summed E-state index contributed by atoms with van der Waals surface area (Å²) < 4.78 is 7.15. The number of hydrogen-bond acceptors (Lipinski definition) is 2. The van der Waals surface area contributed by atoms with Crippen molar-refractivity contribution in [3.8, 4) is 0 Å². The van der Waals surface area contributed by atoms with Crippen LogP contribution >= 0.6 is 15.9 Å². The zero-order chi connectivity index (χ0) is 13.0. The standard InChI is InChI=1S/C15H22BrNO/c1-11(2)15(9-17-14-6-7-14)18-10-12-4-3-5-13(16)8-12/h3-5,8,11,14-15,17H,6-7,9-10H2,1-2H3. The van der Waals surface area contributed by atoms with Crippen LogP contribution in [0.3, 0.4) is 0 Å². The van der Waals surface area contributed by atoms with E-state index in [1.54, 1.807) is 0 Å². The maximum Gasteiger partial charge on any atom is 0.0726 e. The smallest absolute Gasteiger partial charge is 0.0726 e. The van der Waals surface area contributed by atoms with Crippen LogP contribution in [0, 0.1) is 5.92 Å². The Hall–Kier alpha value is -0.380. The molecule has 0 heterocycles. The Morgan fingerprint density at radius 1 is 1.39 bits per heavy atom. The summed E-state index contributed by atoms with van der Waals surface area (Å²) in [5, 5.41) is 3.55. The predicted octanol–water partition coefficient (Wildman–Crippen LogP) is 3.74. The van der Waals surface area contributed by atoms with Crippen molar-refractivity contribution in [1.29, 1.82) is 0 Å². The van der Waals surface area contributed by atoms with Gasteiger partial charge in [-0.25, -0.2) is 0 Å². The number of rotatable bonds is 7. The minimum Gasteiger partial charge on any atom is -0.372 e. The SMILES string of the molecule is CC(C)C(CNC1CC1)OCc1cccc(Br)c1. The summed E-state index contributed by atoms with van der Waals surface area (Å²) in [6.07, 6.45) is 2.96. The molecule has 1 aromatic carbocycles. The maximum absolute atomic E-state index is 6.04. The quantitative estimate of drug-likeness (QED) is 0.828. The Morgan fingerprint density at radius 2 is 2.17 bits per heavy atom. The molecule has 1 fully saturated rings. The van der Waals surface area contributed by atoms with E-state index in [9.17, 15) is 0 Å². The van der Waals surface area contributed by atoms with Crippen molar-refractivity contribution < 1.29 is 4.74 Å². The van der Waals surface area contributed by atoms with Gasteiger partial charge in [-0.1, -0.05) is 41.9 Å². The average Bonchev–Trinajstić information content (AvgIpc) is 3.12. The lowest BCUT2D eigenvalue weighted by Crippen LogP contribution is -2.34. The lowest BCUT2D eigenvalue weighted by molar-refractivity contribution is 0.0111. The largest absolute Gasteiger partial charge is 0.372 e. The molecule has 1 aliphatic carbocycles. The van der Waals surface area contributed by atoms with Crippen LogP contribution in [0.25, 0.3) is 0 Å². The minimum absolute atomic E-state index is 0.296. The Balaban J connectivity index is 1.80. The molecule has 1 unspecified atom stereocenters. The fraction of sp³-hybridized carbons (Fsp3) is 0.600. The van der Waals surface area contributed by atoms with Crippen molar-refractivity contribution in [3.05, 3.63) is 34.3 Å². The molecule has 1 saturated carbocycles. The average molecular weight is 312 g/mol. The van der Waals surface area contributed by atoms with Gasteiger partial charge in [0, 0.05) is 17.1 Å². The molecule has 0 radical (unpaired) electrons. The number of nitrogens with one attached hydrogen (secondary N) is 1. The van der Waals surface area contributed by atoms with E-state index in [-0.39, 0.29) is 0 Å². The third kappa shape index (κ3) is 4.71. The van der Waals surface area contributed by atoms with Crippen molar-refractivity contribution in [1.82, 2.24) is 5.32 Å². The second kappa shape index (κ2) is 6.69. The van der Waals surface area contributed by atoms with Gasteiger partial charge in [0.25, 0.3) is 0 Å². The van der Waals surface area contributed by atoms with Gasteiger partial charge in [0.05, 0.1) is 12.7 Å². The second-order valence-corrected chi connectivity index (χ2v) is 6.32. The number of ether oxygens (including phenoxy) is 1. The summed E-state index contributed by atoms with van der Waals surface area (Å²) in [6.45, 7) is 6.10. The summed E-state index contributed by atoms with van der Waals surface area (Å²) in [6, 6.07) is 9.07. The lowest BCUT2D eigenvalue weighted by Gasteiger charge is -2.22. The Kier molecular flexibility index (Phi) is 5.22. The normalized spacial score (nSPS) is 17.1. The first-order chi connectivity index (χ1) is 8.65. The minimum atomic E-state index is 0.296. The molecule has 2 nitrogen and oxygen atoms in total. The van der Waals surface area contributed by atoms with E-state index in [4.69, 9.17) is 4.74 Å². The molecule has 2 rings (SSSR count). The van der Waals surface area contributed by atoms with Gasteiger partial charge >= 0.3 is 0 Å². The highest BCUT2D eigenvalue weighted by Crippen LogP contribution is 2.20. The highest BCUT2D eigenvalue weighted by atomic mass is 79.9. The first-order valence-electron chi connectivity index (χ1n) is 6.74. The predicted molar refractivity (Wildman–Crippen MR) is 78.6 cm³/mol. The summed E-state index contributed by atoms with van der Waals surface area (Å²) in [5.74, 6) is 0.545. The molecule has 0 saturated heterocycles.